The predicted molar refractivity (Wildman–Crippen MR) is 385 cm³/mol. The molecule has 0 spiro atoms. The maximum absolute atomic E-state index is 4.83. The van der Waals surface area contributed by atoms with Crippen LogP contribution in [0.25, 0.3) is 0 Å². The first-order valence-corrected chi connectivity index (χ1v) is 37.4. The van der Waals surface area contributed by atoms with Gasteiger partial charge in [0.2, 0.25) is 0 Å². The number of hydrogen-bond acceptors (Lipinski definition) is 2. The Morgan fingerprint density at radius 2 is 0.558 bits per heavy atom. The van der Waals surface area contributed by atoms with Crippen molar-refractivity contribution < 1.29 is 26.7 Å². The molecule has 0 aliphatic carbocycles. The van der Waals surface area contributed by atoms with Crippen LogP contribution in [0.3, 0.4) is 0 Å². The summed E-state index contributed by atoms with van der Waals surface area (Å²) in [5.41, 5.74) is 4.31. The molecule has 9 heteroatoms. The van der Waals surface area contributed by atoms with Crippen LogP contribution < -0.4 is 56.3 Å². The molecule has 0 bridgehead atoms. The molecule has 0 unspecified atom stereocenters. The first kappa shape index (κ1) is 68.8. The Hall–Kier alpha value is -6.32. The number of rotatable bonds is 18. The zero-order valence-electron chi connectivity index (χ0n) is 50.5. The Labute approximate surface area is 538 Å². The fourth-order valence-corrected chi connectivity index (χ4v) is 30.1. The van der Waals surface area contributed by atoms with E-state index in [1.165, 1.54) is 69.6 Å². The van der Waals surface area contributed by atoms with Crippen LogP contribution in [0.2, 0.25) is 0 Å². The van der Waals surface area contributed by atoms with Gasteiger partial charge in [-0.1, -0.05) is 109 Å². The molecule has 439 valence electrons. The molecule has 11 rings (SSSR count). The second-order valence-corrected chi connectivity index (χ2v) is 34.8. The quantitative estimate of drug-likeness (QED) is 0.0635. The van der Waals surface area contributed by atoms with Crippen molar-refractivity contribution in [1.82, 2.24) is 0 Å². The first-order valence-electron chi connectivity index (χ1n) is 29.6. The van der Waals surface area contributed by atoms with Crippen molar-refractivity contribution in [2.24, 2.45) is 0 Å². The Kier molecular flexibility index (Phi) is 29.4. The Morgan fingerprint density at radius 1 is 0.337 bits per heavy atom. The number of nitrogens with zero attached hydrogens (tertiary/aromatic N) is 1. The standard InChI is InChI=1S/C37H39GeNPSi.2C18H15P.C4H10O.Ni.H2O/c1-29(2)35-26-17-27-36(30(3)4)37(35)39(38)41(33-22-13-7-14-23-33,34-24-15-8-16-25-34)28-40(31-18-9-5-10-19-31)32-20-11-6-12-21-32;2*1-4-10-16(11-5-1)19(17-12-6-2-7-13-17)18-14-8-3-9-15-18;1-3-5-4-2;;/h5-27,29-30H,28H2,1-4H3;2*1-15H;3-4H2,1-2H3;;1H2/p+3. The van der Waals surface area contributed by atoms with Crippen molar-refractivity contribution in [2.45, 2.75) is 53.4 Å². The van der Waals surface area contributed by atoms with Crippen molar-refractivity contribution in [3.63, 3.8) is 0 Å². The van der Waals surface area contributed by atoms with Crippen LogP contribution in [-0.4, -0.2) is 49.4 Å². The average Bonchev–Trinajstić information content (AvgIpc) is 0.907. The van der Waals surface area contributed by atoms with Crippen LogP contribution >= 0.6 is 23.8 Å². The first-order chi connectivity index (χ1) is 41.2. The van der Waals surface area contributed by atoms with Crippen molar-refractivity contribution in [1.29, 1.82) is 0 Å². The summed E-state index contributed by atoms with van der Waals surface area (Å²) in [4.78, 5) is 0. The van der Waals surface area contributed by atoms with Crippen molar-refractivity contribution >= 4 is 107 Å². The van der Waals surface area contributed by atoms with Crippen molar-refractivity contribution in [3.05, 3.63) is 333 Å². The Balaban J connectivity index is 0.000000218. The van der Waals surface area contributed by atoms with E-state index < -0.39 is 32.0 Å². The average molecular weight is 1310 g/mol. The smallest absolute Gasteiger partial charge is 0.102 e. The van der Waals surface area contributed by atoms with Crippen molar-refractivity contribution in [3.8, 4) is 0 Å². The van der Waals surface area contributed by atoms with Gasteiger partial charge in [-0.2, -0.15) is 0 Å². The van der Waals surface area contributed by atoms with E-state index in [0.29, 0.717) is 11.8 Å². The molecule has 0 aliphatic rings. The SMILES string of the molecule is CC(C)c1cccc(C(C)C)c1[N]([Ge])[Si](C[PH+](c1ccccc1)c1ccccc1)(c1ccccc1)c1ccccc1.CCOCC.O.[Ni].c1ccc([PH+](c2ccccc2)c2ccccc2)cc1.c1ccc([PH+](c2ccccc2)c2ccccc2)cc1. The van der Waals surface area contributed by atoms with Crippen molar-refractivity contribution in [2.75, 3.05) is 22.5 Å². The molecule has 0 saturated carbocycles. The molecule has 0 aromatic heterocycles. The summed E-state index contributed by atoms with van der Waals surface area (Å²) in [6, 6.07) is 117. The number of benzene rings is 11. The van der Waals surface area contributed by atoms with Crippen LogP contribution in [0.15, 0.2) is 322 Å². The van der Waals surface area contributed by atoms with Gasteiger partial charge < -0.3 is 10.2 Å². The van der Waals surface area contributed by atoms with E-state index in [1.807, 2.05) is 13.8 Å². The molecule has 3 radical (unpaired) electrons. The van der Waals surface area contributed by atoms with Gasteiger partial charge in [-0.05, 0) is 86.6 Å². The summed E-state index contributed by atoms with van der Waals surface area (Å²) in [7, 11) is -5.50. The van der Waals surface area contributed by atoms with E-state index in [2.05, 4.69) is 369 Å². The molecule has 3 nitrogen and oxygen atoms in total. The Bertz CT molecular complexity index is 3140. The van der Waals surface area contributed by atoms with E-state index >= 15 is 0 Å². The molecule has 0 fully saturated rings. The van der Waals surface area contributed by atoms with Crippen LogP contribution in [0.4, 0.5) is 5.69 Å². The third-order valence-corrected chi connectivity index (χ3v) is 32.3. The van der Waals surface area contributed by atoms with Gasteiger partial charge in [0.25, 0.3) is 0 Å². The topological polar surface area (TPSA) is 44.0 Å². The van der Waals surface area contributed by atoms with E-state index in [4.69, 9.17) is 4.74 Å². The minimum atomic E-state index is -2.60. The number of ether oxygens (including phenoxy) is 1. The van der Waals surface area contributed by atoms with E-state index in [-0.39, 0.29) is 22.0 Å². The zero-order valence-corrected chi connectivity index (χ0v) is 57.6. The summed E-state index contributed by atoms with van der Waals surface area (Å²) in [5, 5.41) is 14.5. The molecule has 0 saturated heterocycles. The molecule has 86 heavy (non-hydrogen) atoms. The molecule has 0 heterocycles. The number of anilines is 1. The van der Waals surface area contributed by atoms with Crippen LogP contribution in [0.5, 0.6) is 0 Å². The fourth-order valence-electron chi connectivity index (χ4n) is 10.8. The van der Waals surface area contributed by atoms with Gasteiger partial charge >= 0.3 is 259 Å². The van der Waals surface area contributed by atoms with Crippen LogP contribution in [0, 0.1) is 0 Å². The molecule has 0 atom stereocenters. The largest absolute Gasteiger partial charge is 0.412 e. The van der Waals surface area contributed by atoms with E-state index in [1.54, 1.807) is 0 Å². The molecule has 11 aromatic rings. The van der Waals surface area contributed by atoms with Gasteiger partial charge in [-0.25, -0.2) is 0 Å². The maximum Gasteiger partial charge on any atom is 0.102 e. The van der Waals surface area contributed by atoms with Gasteiger partial charge in [0.1, 0.15) is 31.8 Å². The van der Waals surface area contributed by atoms with Crippen LogP contribution in [-0.2, 0) is 21.2 Å². The van der Waals surface area contributed by atoms with Gasteiger partial charge in [-0.3, -0.25) is 0 Å². The maximum atomic E-state index is 4.83. The third-order valence-electron chi connectivity index (χ3n) is 14.9. The molecule has 0 amide bonds. The summed E-state index contributed by atoms with van der Waals surface area (Å²) >= 11 is 2.41. The molecular weight excluding hydrogens is 1220 g/mol. The minimum absolute atomic E-state index is 0. The summed E-state index contributed by atoms with van der Waals surface area (Å²) in [6.07, 6.45) is 0. The normalized spacial score (nSPS) is 10.8. The molecule has 0 aliphatic heterocycles. The van der Waals surface area contributed by atoms with Gasteiger partial charge in [0.05, 0.1) is 15.8 Å². The summed E-state index contributed by atoms with van der Waals surface area (Å²) < 4.78 is 7.62. The third kappa shape index (κ3) is 18.6. The number of hydrogen-bond donors (Lipinski definition) is 0. The summed E-state index contributed by atoms with van der Waals surface area (Å²) in [6.45, 7) is 15.0. The van der Waals surface area contributed by atoms with Gasteiger partial charge in [-0.15, -0.1) is 0 Å². The van der Waals surface area contributed by atoms with Gasteiger partial charge in [0.15, 0.2) is 0 Å². The molecule has 2 N–H and O–H groups in total. The fraction of sp³-hybridized carbons (Fsp3) is 0.143. The Morgan fingerprint density at radius 3 is 0.767 bits per heavy atom. The predicted octanol–water partition coefficient (Wildman–Crippen LogP) is 13.6. The second-order valence-electron chi connectivity index (χ2n) is 21.1. The molecular formula is C77H84GeNNiO2P3Si+3. The summed E-state index contributed by atoms with van der Waals surface area (Å²) in [5.74, 6) is 1.98. The van der Waals surface area contributed by atoms with Crippen LogP contribution in [0.1, 0.15) is 64.5 Å². The molecule has 11 aromatic carbocycles. The van der Waals surface area contributed by atoms with Gasteiger partial charge in [0, 0.05) is 29.7 Å². The van der Waals surface area contributed by atoms with E-state index in [0.717, 1.165) is 19.0 Å². The number of para-hydroxylation sites is 1. The second kappa shape index (κ2) is 36.7. The van der Waals surface area contributed by atoms with E-state index in [9.17, 15) is 0 Å². The minimum Gasteiger partial charge on any atom is -0.412 e. The monoisotopic (exact) mass is 1310 g/mol. The zero-order chi connectivity index (χ0) is 58.8.